The van der Waals surface area contributed by atoms with E-state index in [1.54, 1.807) is 0 Å². The van der Waals surface area contributed by atoms with Crippen molar-refractivity contribution >= 4 is 0 Å². The van der Waals surface area contributed by atoms with E-state index in [0.717, 1.165) is 17.1 Å². The van der Waals surface area contributed by atoms with Crippen molar-refractivity contribution in [3.8, 4) is 11.5 Å². The first-order chi connectivity index (χ1) is 9.24. The molecule has 0 saturated carbocycles. The number of rotatable bonds is 2. The molecule has 0 fully saturated rings. The van der Waals surface area contributed by atoms with Gasteiger partial charge in [-0.15, -0.1) is 0 Å². The summed E-state index contributed by atoms with van der Waals surface area (Å²) in [5.41, 5.74) is 8.56. The van der Waals surface area contributed by atoms with E-state index in [4.69, 9.17) is 15.2 Å². The van der Waals surface area contributed by atoms with Gasteiger partial charge in [-0.05, 0) is 24.6 Å². The lowest BCUT2D eigenvalue weighted by Gasteiger charge is -2.30. The van der Waals surface area contributed by atoms with Crippen molar-refractivity contribution in [2.45, 2.75) is 19.1 Å². The zero-order chi connectivity index (χ0) is 13.2. The van der Waals surface area contributed by atoms with Gasteiger partial charge in [0, 0.05) is 0 Å². The summed E-state index contributed by atoms with van der Waals surface area (Å²) in [5.74, 6) is 1.55. The van der Waals surface area contributed by atoms with E-state index in [2.05, 4.69) is 19.1 Å². The van der Waals surface area contributed by atoms with Crippen LogP contribution in [0.2, 0.25) is 0 Å². The van der Waals surface area contributed by atoms with E-state index in [-0.39, 0.29) is 12.1 Å². The molecule has 98 valence electrons. The fraction of sp³-hybridized carbons (Fsp3) is 0.250. The molecule has 3 heteroatoms. The third-order valence-corrected chi connectivity index (χ3v) is 3.39. The van der Waals surface area contributed by atoms with Gasteiger partial charge in [0.25, 0.3) is 0 Å². The van der Waals surface area contributed by atoms with E-state index in [1.807, 2.05) is 36.4 Å². The van der Waals surface area contributed by atoms with Crippen LogP contribution < -0.4 is 15.2 Å². The summed E-state index contributed by atoms with van der Waals surface area (Å²) >= 11 is 0. The van der Waals surface area contributed by atoms with Crippen LogP contribution in [0.15, 0.2) is 48.5 Å². The van der Waals surface area contributed by atoms with Gasteiger partial charge in [0.15, 0.2) is 17.6 Å². The normalized spacial score (nSPS) is 18.9. The molecule has 2 aromatic carbocycles. The number of para-hydroxylation sites is 2. The van der Waals surface area contributed by atoms with Gasteiger partial charge in [-0.25, -0.2) is 0 Å². The van der Waals surface area contributed by atoms with E-state index in [9.17, 15) is 0 Å². The van der Waals surface area contributed by atoms with E-state index >= 15 is 0 Å². The first kappa shape index (κ1) is 12.1. The van der Waals surface area contributed by atoms with Crippen LogP contribution >= 0.6 is 0 Å². The summed E-state index contributed by atoms with van der Waals surface area (Å²) in [4.78, 5) is 0. The van der Waals surface area contributed by atoms with Gasteiger partial charge in [0.2, 0.25) is 0 Å². The van der Waals surface area contributed by atoms with Gasteiger partial charge < -0.3 is 15.2 Å². The Labute approximate surface area is 113 Å². The molecular weight excluding hydrogens is 238 g/mol. The Bertz CT molecular complexity index is 565. The molecule has 3 rings (SSSR count). The summed E-state index contributed by atoms with van der Waals surface area (Å²) in [6, 6.07) is 15.7. The standard InChI is InChI=1S/C16H17NO2/c1-11-6-8-12(9-7-11)16(17)15-10-18-13-4-2-3-5-14(13)19-15/h2-9,15-16H,10,17H2,1H3. The Morgan fingerprint density at radius 2 is 1.74 bits per heavy atom. The topological polar surface area (TPSA) is 44.5 Å². The van der Waals surface area contributed by atoms with Gasteiger partial charge in [0.05, 0.1) is 6.04 Å². The van der Waals surface area contributed by atoms with Crippen molar-refractivity contribution in [2.75, 3.05) is 6.61 Å². The molecule has 0 spiro atoms. The lowest BCUT2D eigenvalue weighted by atomic mass is 10.0. The molecule has 2 unspecified atom stereocenters. The predicted octanol–water partition coefficient (Wildman–Crippen LogP) is 2.83. The Morgan fingerprint density at radius 3 is 2.47 bits per heavy atom. The van der Waals surface area contributed by atoms with Crippen molar-refractivity contribution in [3.63, 3.8) is 0 Å². The summed E-state index contributed by atoms with van der Waals surface area (Å²) in [5, 5.41) is 0. The summed E-state index contributed by atoms with van der Waals surface area (Å²) in [6.07, 6.45) is -0.155. The quantitative estimate of drug-likeness (QED) is 0.897. The van der Waals surface area contributed by atoms with Crippen LogP contribution in [0.5, 0.6) is 11.5 Å². The highest BCUT2D eigenvalue weighted by Gasteiger charge is 2.27. The van der Waals surface area contributed by atoms with Crippen molar-refractivity contribution in [1.82, 2.24) is 0 Å². The maximum Gasteiger partial charge on any atom is 0.161 e. The van der Waals surface area contributed by atoms with Crippen molar-refractivity contribution in [3.05, 3.63) is 59.7 Å². The molecule has 2 N–H and O–H groups in total. The average Bonchev–Trinajstić information content (AvgIpc) is 2.47. The third-order valence-electron chi connectivity index (χ3n) is 3.39. The lowest BCUT2D eigenvalue weighted by molar-refractivity contribution is 0.0721. The van der Waals surface area contributed by atoms with Gasteiger partial charge in [-0.3, -0.25) is 0 Å². The van der Waals surface area contributed by atoms with Crippen molar-refractivity contribution < 1.29 is 9.47 Å². The van der Waals surface area contributed by atoms with Crippen LogP contribution in [0.4, 0.5) is 0 Å². The zero-order valence-corrected chi connectivity index (χ0v) is 10.9. The van der Waals surface area contributed by atoms with E-state index in [0.29, 0.717) is 6.61 Å². The van der Waals surface area contributed by atoms with Crippen molar-refractivity contribution in [1.29, 1.82) is 0 Å². The molecule has 0 amide bonds. The number of aryl methyl sites for hydroxylation is 1. The highest BCUT2D eigenvalue weighted by molar-refractivity contribution is 5.41. The number of fused-ring (bicyclic) bond motifs is 1. The molecule has 2 aromatic rings. The van der Waals surface area contributed by atoms with Crippen LogP contribution in [0.25, 0.3) is 0 Å². The molecule has 1 heterocycles. The highest BCUT2D eigenvalue weighted by atomic mass is 16.6. The Balaban J connectivity index is 1.79. The number of benzene rings is 2. The Kier molecular flexibility index (Phi) is 3.13. The molecule has 0 aromatic heterocycles. The number of nitrogens with two attached hydrogens (primary N) is 1. The van der Waals surface area contributed by atoms with Crippen LogP contribution in [-0.4, -0.2) is 12.7 Å². The van der Waals surface area contributed by atoms with Crippen LogP contribution in [0, 0.1) is 6.92 Å². The minimum atomic E-state index is -0.186. The molecule has 1 aliphatic rings. The second-order valence-electron chi connectivity index (χ2n) is 4.85. The predicted molar refractivity (Wildman–Crippen MR) is 74.5 cm³/mol. The maximum absolute atomic E-state index is 6.27. The second kappa shape index (κ2) is 4.94. The molecule has 0 bridgehead atoms. The fourth-order valence-electron chi connectivity index (χ4n) is 2.22. The van der Waals surface area contributed by atoms with Gasteiger partial charge in [-0.2, -0.15) is 0 Å². The van der Waals surface area contributed by atoms with Gasteiger partial charge in [-0.1, -0.05) is 42.0 Å². The first-order valence-corrected chi connectivity index (χ1v) is 6.44. The first-order valence-electron chi connectivity index (χ1n) is 6.44. The Morgan fingerprint density at radius 1 is 1.05 bits per heavy atom. The van der Waals surface area contributed by atoms with Crippen LogP contribution in [0.1, 0.15) is 17.2 Å². The van der Waals surface area contributed by atoms with E-state index < -0.39 is 0 Å². The van der Waals surface area contributed by atoms with Gasteiger partial charge >= 0.3 is 0 Å². The molecule has 19 heavy (non-hydrogen) atoms. The number of hydrogen-bond acceptors (Lipinski definition) is 3. The van der Waals surface area contributed by atoms with Crippen LogP contribution in [-0.2, 0) is 0 Å². The Hall–Kier alpha value is -2.00. The largest absolute Gasteiger partial charge is 0.486 e. The van der Waals surface area contributed by atoms with E-state index in [1.165, 1.54) is 5.56 Å². The molecule has 0 saturated heterocycles. The SMILES string of the molecule is Cc1ccc(C(N)C2COc3ccccc3O2)cc1. The summed E-state index contributed by atoms with van der Waals surface area (Å²) in [6.45, 7) is 2.54. The molecule has 1 aliphatic heterocycles. The van der Waals surface area contributed by atoms with Crippen molar-refractivity contribution in [2.24, 2.45) is 5.73 Å². The van der Waals surface area contributed by atoms with Gasteiger partial charge in [0.1, 0.15) is 6.61 Å². The number of hydrogen-bond donors (Lipinski definition) is 1. The van der Waals surface area contributed by atoms with Crippen LogP contribution in [0.3, 0.4) is 0 Å². The minimum absolute atomic E-state index is 0.155. The molecule has 0 aliphatic carbocycles. The summed E-state index contributed by atoms with van der Waals surface area (Å²) < 4.78 is 11.6. The average molecular weight is 255 g/mol. The zero-order valence-electron chi connectivity index (χ0n) is 10.9. The fourth-order valence-corrected chi connectivity index (χ4v) is 2.22. The third kappa shape index (κ3) is 2.42. The molecule has 0 radical (unpaired) electrons. The number of ether oxygens (including phenoxy) is 2. The highest BCUT2D eigenvalue weighted by Crippen LogP contribution is 2.33. The lowest BCUT2D eigenvalue weighted by Crippen LogP contribution is -2.38. The smallest absolute Gasteiger partial charge is 0.161 e. The monoisotopic (exact) mass is 255 g/mol. The summed E-state index contributed by atoms with van der Waals surface area (Å²) in [7, 11) is 0. The maximum atomic E-state index is 6.27. The molecule has 2 atom stereocenters. The second-order valence-corrected chi connectivity index (χ2v) is 4.85. The molecule has 3 nitrogen and oxygen atoms in total. The minimum Gasteiger partial charge on any atom is -0.486 e. The molecular formula is C16H17NO2.